The normalized spacial score (nSPS) is 19.3. The summed E-state index contributed by atoms with van der Waals surface area (Å²) in [4.78, 5) is 16.1. The van der Waals surface area contributed by atoms with E-state index in [2.05, 4.69) is 10.3 Å². The van der Waals surface area contributed by atoms with Crippen molar-refractivity contribution in [3.05, 3.63) is 41.8 Å². The van der Waals surface area contributed by atoms with Crippen molar-refractivity contribution >= 4 is 29.1 Å². The fourth-order valence-corrected chi connectivity index (χ4v) is 2.52. The van der Waals surface area contributed by atoms with E-state index in [1.807, 2.05) is 31.2 Å². The largest absolute Gasteiger partial charge is 0.444 e. The van der Waals surface area contributed by atoms with Gasteiger partial charge in [-0.05, 0) is 25.5 Å². The molecule has 1 heterocycles. The summed E-state index contributed by atoms with van der Waals surface area (Å²) in [6.07, 6.45) is 2.03. The van der Waals surface area contributed by atoms with Gasteiger partial charge in [0.1, 0.15) is 10.6 Å². The van der Waals surface area contributed by atoms with E-state index in [1.165, 1.54) is 11.8 Å². The lowest BCUT2D eigenvalue weighted by Gasteiger charge is -2.02. The van der Waals surface area contributed by atoms with Crippen LogP contribution in [0, 0.1) is 12.8 Å². The van der Waals surface area contributed by atoms with Crippen LogP contribution in [0.15, 0.2) is 34.9 Å². The lowest BCUT2D eigenvalue weighted by molar-refractivity contribution is -0.122. The highest BCUT2D eigenvalue weighted by molar-refractivity contribution is 6.52. The van der Waals surface area contributed by atoms with Crippen LogP contribution in [0.3, 0.4) is 0 Å². The first kappa shape index (κ1) is 14.4. The smallest absolute Gasteiger partial charge is 0.226 e. The van der Waals surface area contributed by atoms with Gasteiger partial charge >= 0.3 is 0 Å². The minimum atomic E-state index is -0.902. The van der Waals surface area contributed by atoms with Crippen molar-refractivity contribution in [2.45, 2.75) is 24.2 Å². The molecule has 1 aliphatic carbocycles. The van der Waals surface area contributed by atoms with Gasteiger partial charge in [0.2, 0.25) is 11.8 Å². The Kier molecular flexibility index (Phi) is 3.68. The predicted octanol–water partition coefficient (Wildman–Crippen LogP) is 3.46. The number of hydrogen-bond donors (Lipinski definition) is 1. The third-order valence-corrected chi connectivity index (χ3v) is 4.27. The molecule has 1 atom stereocenters. The summed E-state index contributed by atoms with van der Waals surface area (Å²) in [7, 11) is 0. The summed E-state index contributed by atoms with van der Waals surface area (Å²) >= 11 is 11.7. The molecule has 2 aromatic rings. The van der Waals surface area contributed by atoms with Gasteiger partial charge in [0.15, 0.2) is 0 Å². The maximum atomic E-state index is 11.8. The molecule has 0 saturated heterocycles. The molecule has 1 aromatic heterocycles. The third kappa shape index (κ3) is 3.22. The van der Waals surface area contributed by atoms with Gasteiger partial charge in [-0.15, -0.1) is 23.2 Å². The van der Waals surface area contributed by atoms with E-state index in [-0.39, 0.29) is 11.8 Å². The number of hydrogen-bond acceptors (Lipinski definition) is 3. The number of amides is 1. The van der Waals surface area contributed by atoms with Crippen LogP contribution in [0.4, 0.5) is 0 Å². The summed E-state index contributed by atoms with van der Waals surface area (Å²) in [5.41, 5.74) is 2.74. The Hall–Kier alpha value is -1.52. The van der Waals surface area contributed by atoms with Gasteiger partial charge in [0, 0.05) is 5.56 Å². The molecule has 0 bridgehead atoms. The van der Waals surface area contributed by atoms with Crippen molar-refractivity contribution in [3.8, 4) is 11.5 Å². The predicted molar refractivity (Wildman–Crippen MR) is 81.1 cm³/mol. The van der Waals surface area contributed by atoms with E-state index >= 15 is 0 Å². The number of nitrogens with zero attached hydrogens (tertiary/aromatic N) is 1. The molecule has 110 valence electrons. The molecule has 1 fully saturated rings. The Morgan fingerprint density at radius 2 is 2.10 bits per heavy atom. The molecule has 0 unspecified atom stereocenters. The lowest BCUT2D eigenvalue weighted by Crippen LogP contribution is -2.26. The second-order valence-corrected chi connectivity index (χ2v) is 6.79. The Labute approximate surface area is 132 Å². The van der Waals surface area contributed by atoms with Crippen molar-refractivity contribution < 1.29 is 9.21 Å². The second kappa shape index (κ2) is 5.35. The van der Waals surface area contributed by atoms with Crippen molar-refractivity contribution in [1.29, 1.82) is 0 Å². The number of nitrogens with one attached hydrogen (secondary N) is 1. The Balaban J connectivity index is 1.60. The van der Waals surface area contributed by atoms with Gasteiger partial charge in [0.25, 0.3) is 0 Å². The number of aromatic nitrogens is 1. The SMILES string of the molecule is Cc1ccc(-c2nc(CNC(=O)[C@H]3CC3(Cl)Cl)co2)cc1. The molecule has 6 heteroatoms. The molecular formula is C15H14Cl2N2O2. The number of rotatable bonds is 4. The first-order valence-electron chi connectivity index (χ1n) is 6.63. The number of carbonyl (C=O) groups is 1. The van der Waals surface area contributed by atoms with Crippen LogP contribution in [0.25, 0.3) is 11.5 Å². The molecule has 1 saturated carbocycles. The van der Waals surface area contributed by atoms with Crippen molar-refractivity contribution in [2.24, 2.45) is 5.92 Å². The molecule has 4 nitrogen and oxygen atoms in total. The first-order valence-corrected chi connectivity index (χ1v) is 7.38. The van der Waals surface area contributed by atoms with Crippen LogP contribution in [0.1, 0.15) is 17.7 Å². The molecule has 3 rings (SSSR count). The number of oxazole rings is 1. The number of carbonyl (C=O) groups excluding carboxylic acids is 1. The molecule has 1 aliphatic rings. The number of benzene rings is 1. The maximum absolute atomic E-state index is 11.8. The van der Waals surface area contributed by atoms with E-state index in [1.54, 1.807) is 0 Å². The fraction of sp³-hybridized carbons (Fsp3) is 0.333. The van der Waals surface area contributed by atoms with E-state index < -0.39 is 4.33 Å². The Morgan fingerprint density at radius 3 is 2.71 bits per heavy atom. The zero-order chi connectivity index (χ0) is 15.0. The quantitative estimate of drug-likeness (QED) is 0.876. The minimum absolute atomic E-state index is 0.153. The van der Waals surface area contributed by atoms with Crippen molar-refractivity contribution in [1.82, 2.24) is 10.3 Å². The maximum Gasteiger partial charge on any atom is 0.226 e. The van der Waals surface area contributed by atoms with Gasteiger partial charge < -0.3 is 9.73 Å². The van der Waals surface area contributed by atoms with Crippen LogP contribution in [0.2, 0.25) is 0 Å². The van der Waals surface area contributed by atoms with Crippen molar-refractivity contribution in [2.75, 3.05) is 0 Å². The summed E-state index contributed by atoms with van der Waals surface area (Å²) < 4.78 is 4.52. The summed E-state index contributed by atoms with van der Waals surface area (Å²) in [5, 5.41) is 2.76. The standard InChI is InChI=1S/C15H14Cl2N2O2/c1-9-2-4-10(5-3-9)14-19-11(8-21-14)7-18-13(20)12-6-15(12,16)17/h2-5,8,12H,6-7H2,1H3,(H,18,20)/t12-/m1/s1. The molecule has 0 spiro atoms. The molecule has 21 heavy (non-hydrogen) atoms. The zero-order valence-electron chi connectivity index (χ0n) is 11.4. The van der Waals surface area contributed by atoms with Crippen LogP contribution >= 0.6 is 23.2 Å². The van der Waals surface area contributed by atoms with E-state index in [0.717, 1.165) is 5.56 Å². The van der Waals surface area contributed by atoms with Gasteiger partial charge in [-0.1, -0.05) is 17.7 Å². The average molecular weight is 325 g/mol. The van der Waals surface area contributed by atoms with E-state index in [4.69, 9.17) is 27.6 Å². The monoisotopic (exact) mass is 324 g/mol. The van der Waals surface area contributed by atoms with Crippen LogP contribution in [-0.2, 0) is 11.3 Å². The van der Waals surface area contributed by atoms with Gasteiger partial charge in [-0.2, -0.15) is 0 Å². The number of aryl methyl sites for hydroxylation is 1. The lowest BCUT2D eigenvalue weighted by atomic mass is 10.1. The first-order chi connectivity index (χ1) is 9.95. The molecule has 1 aromatic carbocycles. The molecule has 0 aliphatic heterocycles. The highest BCUT2D eigenvalue weighted by atomic mass is 35.5. The van der Waals surface area contributed by atoms with E-state index in [9.17, 15) is 4.79 Å². The van der Waals surface area contributed by atoms with Gasteiger partial charge in [-0.25, -0.2) is 4.98 Å². The third-order valence-electron chi connectivity index (χ3n) is 3.44. The molecular weight excluding hydrogens is 311 g/mol. The average Bonchev–Trinajstić information content (AvgIpc) is 2.87. The van der Waals surface area contributed by atoms with E-state index in [0.29, 0.717) is 24.6 Å². The van der Waals surface area contributed by atoms with Crippen LogP contribution < -0.4 is 5.32 Å². The van der Waals surface area contributed by atoms with Gasteiger partial charge in [0.05, 0.1) is 18.2 Å². The zero-order valence-corrected chi connectivity index (χ0v) is 12.9. The van der Waals surface area contributed by atoms with Crippen molar-refractivity contribution in [3.63, 3.8) is 0 Å². The summed E-state index contributed by atoms with van der Waals surface area (Å²) in [6, 6.07) is 7.88. The molecule has 0 radical (unpaired) electrons. The number of halogens is 2. The van der Waals surface area contributed by atoms with Crippen LogP contribution in [0.5, 0.6) is 0 Å². The summed E-state index contributed by atoms with van der Waals surface area (Å²) in [5.74, 6) is 0.0545. The second-order valence-electron chi connectivity index (χ2n) is 5.25. The molecule has 1 amide bonds. The molecule has 1 N–H and O–H groups in total. The highest BCUT2D eigenvalue weighted by Gasteiger charge is 2.56. The topological polar surface area (TPSA) is 55.1 Å². The number of alkyl halides is 2. The summed E-state index contributed by atoms with van der Waals surface area (Å²) in [6.45, 7) is 2.32. The minimum Gasteiger partial charge on any atom is -0.444 e. The fourth-order valence-electron chi connectivity index (χ4n) is 2.02. The van der Waals surface area contributed by atoms with Gasteiger partial charge in [-0.3, -0.25) is 4.79 Å². The van der Waals surface area contributed by atoms with Crippen LogP contribution in [-0.4, -0.2) is 15.2 Å². The highest BCUT2D eigenvalue weighted by Crippen LogP contribution is 2.53. The Bertz CT molecular complexity index is 665. The Morgan fingerprint density at radius 1 is 1.43 bits per heavy atom.